The van der Waals surface area contributed by atoms with E-state index < -0.39 is 36.1 Å². The molecule has 1 aromatic heterocycles. The summed E-state index contributed by atoms with van der Waals surface area (Å²) in [5, 5.41) is 10.8. The third-order valence-electron chi connectivity index (χ3n) is 3.90. The van der Waals surface area contributed by atoms with Gasteiger partial charge in [0, 0.05) is 19.3 Å². The summed E-state index contributed by atoms with van der Waals surface area (Å²) < 4.78 is 52.0. The van der Waals surface area contributed by atoms with Crippen LogP contribution in [0.1, 0.15) is 5.56 Å². The van der Waals surface area contributed by atoms with E-state index in [1.165, 1.54) is 4.90 Å². The zero-order valence-electron chi connectivity index (χ0n) is 10.5. The number of rotatable bonds is 1. The number of nitrogens with zero attached hydrogens (tertiary/aromatic N) is 3. The molecule has 3 heterocycles. The lowest BCUT2D eigenvalue weighted by Crippen LogP contribution is -2.53. The Hall–Kier alpha value is -2.06. The van der Waals surface area contributed by atoms with Crippen molar-refractivity contribution in [2.45, 2.75) is 24.4 Å². The maximum atomic E-state index is 14.0. The fraction of sp³-hybridized carbons (Fsp3) is 0.500. The first-order valence-electron chi connectivity index (χ1n) is 6.20. The number of pyridine rings is 1. The average molecular weight is 304 g/mol. The number of carbonyl (C=O) groups is 1. The molecule has 114 valence electrons. The minimum Gasteiger partial charge on any atom is -0.530 e. The molecule has 1 amide bonds. The number of piperazine rings is 1. The molecule has 2 aliphatic rings. The molecule has 2 bridgehead atoms. The molecule has 0 aromatic carbocycles. The van der Waals surface area contributed by atoms with E-state index in [1.807, 2.05) is 0 Å². The van der Waals surface area contributed by atoms with Gasteiger partial charge < -0.3 is 19.7 Å². The van der Waals surface area contributed by atoms with E-state index in [0.29, 0.717) is 0 Å². The molecule has 3 atom stereocenters. The van der Waals surface area contributed by atoms with E-state index >= 15 is 0 Å². The Labute approximate surface area is 116 Å². The highest BCUT2D eigenvalue weighted by atomic mass is 19.4. The van der Waals surface area contributed by atoms with Crippen LogP contribution < -0.4 is 10.0 Å². The second-order valence-corrected chi connectivity index (χ2v) is 5.05. The van der Waals surface area contributed by atoms with Gasteiger partial charge in [-0.15, -0.1) is 0 Å². The largest absolute Gasteiger partial charge is 0.530 e. The number of halogens is 4. The van der Waals surface area contributed by atoms with Crippen molar-refractivity contribution in [1.29, 1.82) is 0 Å². The summed E-state index contributed by atoms with van der Waals surface area (Å²) in [6, 6.07) is -0.0742. The lowest BCUT2D eigenvalue weighted by Gasteiger charge is -2.35. The summed E-state index contributed by atoms with van der Waals surface area (Å²) in [5.74, 6) is -0.00188. The van der Waals surface area contributed by atoms with Crippen LogP contribution in [0, 0.1) is 0 Å². The normalized spacial score (nSPS) is 28.3. The summed E-state index contributed by atoms with van der Waals surface area (Å²) in [7, 11) is 0. The molecule has 9 heteroatoms. The van der Waals surface area contributed by atoms with Crippen LogP contribution in [0.4, 0.5) is 28.2 Å². The molecule has 2 fully saturated rings. The molecular formula is C12H10F4N3O2-. The van der Waals surface area contributed by atoms with Gasteiger partial charge in [-0.2, -0.15) is 13.2 Å². The number of carbonyl (C=O) groups excluding carboxylic acids is 1. The van der Waals surface area contributed by atoms with Crippen molar-refractivity contribution in [2.24, 2.45) is 0 Å². The number of aromatic nitrogens is 1. The van der Waals surface area contributed by atoms with Crippen LogP contribution >= 0.6 is 0 Å². The maximum absolute atomic E-state index is 14.0. The molecule has 0 aliphatic carbocycles. The molecule has 3 rings (SSSR count). The third-order valence-corrected chi connectivity index (χ3v) is 3.90. The first kappa shape index (κ1) is 13.9. The van der Waals surface area contributed by atoms with Crippen LogP contribution in [0.5, 0.6) is 0 Å². The van der Waals surface area contributed by atoms with Gasteiger partial charge in [-0.1, -0.05) is 0 Å². The van der Waals surface area contributed by atoms with Gasteiger partial charge in [-0.25, -0.2) is 9.37 Å². The fourth-order valence-corrected chi connectivity index (χ4v) is 2.90. The second-order valence-electron chi connectivity index (χ2n) is 5.05. The second kappa shape index (κ2) is 4.47. The van der Waals surface area contributed by atoms with E-state index in [-0.39, 0.29) is 18.9 Å². The van der Waals surface area contributed by atoms with Crippen LogP contribution in [-0.2, 0) is 6.18 Å². The van der Waals surface area contributed by atoms with E-state index in [9.17, 15) is 27.5 Å². The summed E-state index contributed by atoms with van der Waals surface area (Å²) in [5.41, 5.74) is -0.873. The smallest absolute Gasteiger partial charge is 0.416 e. The van der Waals surface area contributed by atoms with Gasteiger partial charge >= 0.3 is 6.18 Å². The van der Waals surface area contributed by atoms with Crippen molar-refractivity contribution in [2.75, 3.05) is 18.0 Å². The predicted molar refractivity (Wildman–Crippen MR) is 61.2 cm³/mol. The van der Waals surface area contributed by atoms with Gasteiger partial charge in [0.2, 0.25) is 0 Å². The number of alkyl halides is 4. The third kappa shape index (κ3) is 2.16. The number of fused-ring (bicyclic) bond motifs is 2. The highest BCUT2D eigenvalue weighted by Crippen LogP contribution is 2.37. The Morgan fingerprint density at radius 1 is 1.33 bits per heavy atom. The number of hydrogen-bond donors (Lipinski definition) is 0. The zero-order chi connectivity index (χ0) is 15.4. The van der Waals surface area contributed by atoms with Gasteiger partial charge in [0.05, 0.1) is 17.6 Å². The summed E-state index contributed by atoms with van der Waals surface area (Å²) in [6.07, 6.45) is -6.43. The Balaban J connectivity index is 1.86. The van der Waals surface area contributed by atoms with Gasteiger partial charge in [0.15, 0.2) is 0 Å². The Kier molecular flexibility index (Phi) is 2.96. The molecule has 0 saturated carbocycles. The Morgan fingerprint density at radius 3 is 2.57 bits per heavy atom. The number of hydrogen-bond acceptors (Lipinski definition) is 4. The van der Waals surface area contributed by atoms with Crippen molar-refractivity contribution >= 4 is 11.9 Å². The first-order chi connectivity index (χ1) is 9.79. The molecule has 0 spiro atoms. The fourth-order valence-electron chi connectivity index (χ4n) is 2.90. The van der Waals surface area contributed by atoms with Gasteiger partial charge in [-0.05, 0) is 12.1 Å². The van der Waals surface area contributed by atoms with Gasteiger partial charge in [-0.3, -0.25) is 0 Å². The number of likely N-dealkylation sites (tertiary alicyclic amines) is 1. The standard InChI is InChI=1S/C12H11F4N3O2/c13-10-7-5-19(11(20)21)8(10)4-18(7)9-3-6(1-2-17-9)12(14,15)16/h1-3,7-8,10H,4-5H2,(H,20,21)/p-1. The zero-order valence-corrected chi connectivity index (χ0v) is 10.5. The summed E-state index contributed by atoms with van der Waals surface area (Å²) in [4.78, 5) is 16.9. The van der Waals surface area contributed by atoms with Gasteiger partial charge in [0.25, 0.3) is 0 Å². The average Bonchev–Trinajstić information content (AvgIpc) is 2.91. The number of anilines is 1. The first-order valence-corrected chi connectivity index (χ1v) is 6.20. The van der Waals surface area contributed by atoms with Crippen LogP contribution in [0.2, 0.25) is 0 Å². The Morgan fingerprint density at radius 2 is 2.05 bits per heavy atom. The minimum atomic E-state index is -4.51. The van der Waals surface area contributed by atoms with Gasteiger partial charge in [0.1, 0.15) is 18.1 Å². The SMILES string of the molecule is O=C([O-])N1CC2C(F)C1CN2c1cc(C(F)(F)F)ccn1. The van der Waals surface area contributed by atoms with E-state index in [1.54, 1.807) is 0 Å². The molecule has 5 nitrogen and oxygen atoms in total. The molecular weight excluding hydrogens is 294 g/mol. The molecule has 21 heavy (non-hydrogen) atoms. The van der Waals surface area contributed by atoms with Crippen LogP contribution in [0.15, 0.2) is 18.3 Å². The predicted octanol–water partition coefficient (Wildman–Crippen LogP) is 0.655. The number of amides is 1. The Bertz CT molecular complexity index is 580. The van der Waals surface area contributed by atoms with E-state index in [4.69, 9.17) is 0 Å². The lowest BCUT2D eigenvalue weighted by molar-refractivity contribution is -0.267. The molecule has 0 N–H and O–H groups in total. The van der Waals surface area contributed by atoms with E-state index in [2.05, 4.69) is 4.98 Å². The van der Waals surface area contributed by atoms with Crippen molar-refractivity contribution in [3.63, 3.8) is 0 Å². The molecule has 2 saturated heterocycles. The van der Waals surface area contributed by atoms with Crippen LogP contribution in [0.25, 0.3) is 0 Å². The van der Waals surface area contributed by atoms with Crippen molar-refractivity contribution in [3.8, 4) is 0 Å². The number of carboxylic acid groups (broad SMARTS) is 1. The molecule has 3 unspecified atom stereocenters. The lowest BCUT2D eigenvalue weighted by atomic mass is 10.2. The quantitative estimate of drug-likeness (QED) is 0.715. The topological polar surface area (TPSA) is 59.5 Å². The highest BCUT2D eigenvalue weighted by Gasteiger charge is 2.52. The summed E-state index contributed by atoms with van der Waals surface area (Å²) in [6.45, 7) is -0.166. The summed E-state index contributed by atoms with van der Waals surface area (Å²) >= 11 is 0. The van der Waals surface area contributed by atoms with Crippen molar-refractivity contribution in [3.05, 3.63) is 23.9 Å². The van der Waals surface area contributed by atoms with Crippen LogP contribution in [0.3, 0.4) is 0 Å². The highest BCUT2D eigenvalue weighted by molar-refractivity contribution is 5.65. The monoisotopic (exact) mass is 304 g/mol. The van der Waals surface area contributed by atoms with Crippen LogP contribution in [-0.4, -0.2) is 47.3 Å². The molecule has 1 aromatic rings. The molecule has 0 radical (unpaired) electrons. The molecule has 2 aliphatic heterocycles. The minimum absolute atomic E-state index is 0.00188. The van der Waals surface area contributed by atoms with Crippen molar-refractivity contribution < 1.29 is 27.5 Å². The van der Waals surface area contributed by atoms with Crippen molar-refractivity contribution in [1.82, 2.24) is 9.88 Å². The maximum Gasteiger partial charge on any atom is 0.416 e. The van der Waals surface area contributed by atoms with E-state index in [0.717, 1.165) is 23.2 Å².